The minimum atomic E-state index is -0.0131. The molecule has 7 heteroatoms. The molecule has 4 nitrogen and oxygen atoms in total. The monoisotopic (exact) mass is 417 g/mol. The Labute approximate surface area is 171 Å². The van der Waals surface area contributed by atoms with Crippen LogP contribution in [0.1, 0.15) is 40.5 Å². The van der Waals surface area contributed by atoms with Gasteiger partial charge in [0.25, 0.3) is 0 Å². The first-order chi connectivity index (χ1) is 13.1. The third kappa shape index (κ3) is 4.37. The van der Waals surface area contributed by atoms with Crippen molar-refractivity contribution in [1.82, 2.24) is 14.8 Å². The molecule has 4 rings (SSSR count). The molecule has 0 radical (unpaired) electrons. The molecule has 3 aromatic rings. The number of hydrogen-bond donors (Lipinski definition) is 0. The topological polar surface area (TPSA) is 47.8 Å². The predicted molar refractivity (Wildman–Crippen MR) is 109 cm³/mol. The Hall–Kier alpha value is -1.82. The lowest BCUT2D eigenvalue weighted by Crippen LogP contribution is -2.08. The lowest BCUT2D eigenvalue weighted by molar-refractivity contribution is 0.102. The second-order valence-electron chi connectivity index (χ2n) is 6.53. The van der Waals surface area contributed by atoms with Gasteiger partial charge in [-0.1, -0.05) is 65.3 Å². The number of thioether (sulfide) groups is 1. The summed E-state index contributed by atoms with van der Waals surface area (Å²) in [7, 11) is 0. The van der Waals surface area contributed by atoms with Crippen LogP contribution in [0.4, 0.5) is 0 Å². The number of rotatable bonds is 7. The zero-order valence-corrected chi connectivity index (χ0v) is 16.8. The highest BCUT2D eigenvalue weighted by Gasteiger charge is 2.30. The molecular formula is C20H17Cl2N3OS. The Morgan fingerprint density at radius 3 is 2.56 bits per heavy atom. The third-order valence-electron chi connectivity index (χ3n) is 4.45. The fraction of sp³-hybridized carbons (Fsp3) is 0.250. The molecule has 138 valence electrons. The van der Waals surface area contributed by atoms with Gasteiger partial charge in [-0.15, -0.1) is 10.2 Å². The number of benzene rings is 2. The molecule has 1 aromatic heterocycles. The van der Waals surface area contributed by atoms with E-state index in [2.05, 4.69) is 26.9 Å². The number of carbonyl (C=O) groups is 1. The van der Waals surface area contributed by atoms with E-state index in [9.17, 15) is 4.79 Å². The van der Waals surface area contributed by atoms with Gasteiger partial charge in [0.15, 0.2) is 10.9 Å². The van der Waals surface area contributed by atoms with Gasteiger partial charge >= 0.3 is 0 Å². The minimum absolute atomic E-state index is 0.0131. The van der Waals surface area contributed by atoms with Crippen LogP contribution in [-0.2, 0) is 6.54 Å². The Morgan fingerprint density at radius 2 is 1.85 bits per heavy atom. The number of halogens is 2. The maximum absolute atomic E-state index is 12.5. The smallest absolute Gasteiger partial charge is 0.191 e. The fourth-order valence-corrected chi connectivity index (χ4v) is 3.99. The second-order valence-corrected chi connectivity index (χ2v) is 8.28. The maximum atomic E-state index is 12.5. The number of Topliss-reactive ketones (excluding diaryl/α,β-unsaturated/α-hetero) is 1. The van der Waals surface area contributed by atoms with E-state index >= 15 is 0 Å². The molecule has 1 heterocycles. The molecule has 0 amide bonds. The Morgan fingerprint density at radius 1 is 1.07 bits per heavy atom. The Balaban J connectivity index is 1.51. The molecule has 2 aromatic carbocycles. The number of nitrogens with zero attached hydrogens (tertiary/aromatic N) is 3. The van der Waals surface area contributed by atoms with Crippen molar-refractivity contribution >= 4 is 40.7 Å². The summed E-state index contributed by atoms with van der Waals surface area (Å²) < 4.78 is 2.14. The maximum Gasteiger partial charge on any atom is 0.191 e. The highest BCUT2D eigenvalue weighted by molar-refractivity contribution is 7.99. The normalized spacial score (nSPS) is 13.7. The molecule has 0 bridgehead atoms. The first-order valence-electron chi connectivity index (χ1n) is 8.70. The van der Waals surface area contributed by atoms with Crippen molar-refractivity contribution in [2.45, 2.75) is 30.5 Å². The summed E-state index contributed by atoms with van der Waals surface area (Å²) in [5.74, 6) is 1.76. The quantitative estimate of drug-likeness (QED) is 0.376. The van der Waals surface area contributed by atoms with E-state index in [-0.39, 0.29) is 11.5 Å². The fourth-order valence-electron chi connectivity index (χ4n) is 2.85. The zero-order chi connectivity index (χ0) is 18.8. The van der Waals surface area contributed by atoms with Crippen molar-refractivity contribution in [1.29, 1.82) is 0 Å². The number of hydrogen-bond acceptors (Lipinski definition) is 4. The van der Waals surface area contributed by atoms with Crippen LogP contribution in [0.3, 0.4) is 0 Å². The molecule has 0 atom stereocenters. The molecule has 0 unspecified atom stereocenters. The first kappa shape index (κ1) is 18.5. The molecule has 0 aliphatic heterocycles. The van der Waals surface area contributed by atoms with E-state index < -0.39 is 0 Å². The van der Waals surface area contributed by atoms with Gasteiger partial charge in [0.05, 0.1) is 22.3 Å². The molecule has 27 heavy (non-hydrogen) atoms. The molecule has 1 fully saturated rings. The van der Waals surface area contributed by atoms with E-state index in [1.807, 2.05) is 18.2 Å². The third-order valence-corrected chi connectivity index (χ3v) is 6.15. The van der Waals surface area contributed by atoms with Crippen molar-refractivity contribution in [3.05, 3.63) is 75.5 Å². The molecule has 0 saturated heterocycles. The molecule has 0 spiro atoms. The van der Waals surface area contributed by atoms with E-state index in [1.165, 1.54) is 17.3 Å². The first-order valence-corrected chi connectivity index (χ1v) is 10.4. The largest absolute Gasteiger partial charge is 0.301 e. The van der Waals surface area contributed by atoms with Crippen molar-refractivity contribution in [3.63, 3.8) is 0 Å². The van der Waals surface area contributed by atoms with E-state index in [4.69, 9.17) is 23.2 Å². The SMILES string of the molecule is O=C(CSc1nnc(C2CC2)n1Cc1ccccc1)c1ccc(Cl)c(Cl)c1. The van der Waals surface area contributed by atoms with Crippen LogP contribution < -0.4 is 0 Å². The summed E-state index contributed by atoms with van der Waals surface area (Å²) in [5.41, 5.74) is 1.74. The van der Waals surface area contributed by atoms with Crippen LogP contribution in [0.5, 0.6) is 0 Å². The summed E-state index contributed by atoms with van der Waals surface area (Å²) in [6.07, 6.45) is 2.31. The zero-order valence-electron chi connectivity index (χ0n) is 14.4. The summed E-state index contributed by atoms with van der Waals surface area (Å²) in [6.45, 7) is 0.711. The van der Waals surface area contributed by atoms with Gasteiger partial charge in [-0.05, 0) is 36.6 Å². The Bertz CT molecular complexity index is 971. The average molecular weight is 418 g/mol. The van der Waals surface area contributed by atoms with Crippen LogP contribution in [0.15, 0.2) is 53.7 Å². The lowest BCUT2D eigenvalue weighted by Gasteiger charge is -2.10. The van der Waals surface area contributed by atoms with Gasteiger partial charge in [0.2, 0.25) is 0 Å². The van der Waals surface area contributed by atoms with Crippen molar-refractivity contribution in [2.24, 2.45) is 0 Å². The molecule has 1 saturated carbocycles. The summed E-state index contributed by atoms with van der Waals surface area (Å²) in [6, 6.07) is 15.2. The lowest BCUT2D eigenvalue weighted by atomic mass is 10.1. The predicted octanol–water partition coefficient (Wildman–Crippen LogP) is 5.49. The van der Waals surface area contributed by atoms with Crippen molar-refractivity contribution < 1.29 is 4.79 Å². The van der Waals surface area contributed by atoms with Crippen molar-refractivity contribution in [3.8, 4) is 0 Å². The summed E-state index contributed by atoms with van der Waals surface area (Å²) in [4.78, 5) is 12.5. The van der Waals surface area contributed by atoms with Gasteiger partial charge in [-0.3, -0.25) is 4.79 Å². The van der Waals surface area contributed by atoms with Crippen LogP contribution in [-0.4, -0.2) is 26.3 Å². The van der Waals surface area contributed by atoms with Gasteiger partial charge < -0.3 is 4.57 Å². The van der Waals surface area contributed by atoms with E-state index in [0.29, 0.717) is 28.1 Å². The molecule has 1 aliphatic carbocycles. The van der Waals surface area contributed by atoms with Gasteiger partial charge in [0, 0.05) is 11.5 Å². The van der Waals surface area contributed by atoms with Crippen LogP contribution in [0, 0.1) is 0 Å². The molecular weight excluding hydrogens is 401 g/mol. The summed E-state index contributed by atoms with van der Waals surface area (Å²) >= 11 is 13.4. The van der Waals surface area contributed by atoms with Crippen LogP contribution in [0.25, 0.3) is 0 Å². The molecule has 1 aliphatic rings. The van der Waals surface area contributed by atoms with Gasteiger partial charge in [0.1, 0.15) is 5.82 Å². The highest BCUT2D eigenvalue weighted by atomic mass is 35.5. The van der Waals surface area contributed by atoms with Gasteiger partial charge in [-0.2, -0.15) is 0 Å². The van der Waals surface area contributed by atoms with Crippen LogP contribution >= 0.6 is 35.0 Å². The minimum Gasteiger partial charge on any atom is -0.301 e. The number of carbonyl (C=O) groups excluding carboxylic acids is 1. The van der Waals surface area contributed by atoms with Crippen LogP contribution in [0.2, 0.25) is 10.0 Å². The number of ketones is 1. The number of aromatic nitrogens is 3. The molecule has 0 N–H and O–H groups in total. The second kappa shape index (κ2) is 8.05. The average Bonchev–Trinajstić information content (AvgIpc) is 3.45. The van der Waals surface area contributed by atoms with Crippen molar-refractivity contribution in [2.75, 3.05) is 5.75 Å². The van der Waals surface area contributed by atoms with E-state index in [1.54, 1.807) is 18.2 Å². The summed E-state index contributed by atoms with van der Waals surface area (Å²) in [5, 5.41) is 10.3. The van der Waals surface area contributed by atoms with Gasteiger partial charge in [-0.25, -0.2) is 0 Å². The highest BCUT2D eigenvalue weighted by Crippen LogP contribution is 2.40. The Kier molecular flexibility index (Phi) is 5.53. The standard InChI is InChI=1S/C20H17Cl2N3OS/c21-16-9-8-15(10-17(16)22)18(26)12-27-20-24-23-19(14-6-7-14)25(20)11-13-4-2-1-3-5-13/h1-5,8-10,14H,6-7,11-12H2. The van der Waals surface area contributed by atoms with E-state index in [0.717, 1.165) is 23.8 Å².